The Morgan fingerprint density at radius 3 is 2.41 bits per heavy atom. The molecule has 0 radical (unpaired) electrons. The lowest BCUT2D eigenvalue weighted by atomic mass is 10.1. The van der Waals surface area contributed by atoms with Crippen LogP contribution in [0.1, 0.15) is 11.1 Å². The molecule has 0 aromatic heterocycles. The summed E-state index contributed by atoms with van der Waals surface area (Å²) in [7, 11) is 3.11. The van der Waals surface area contributed by atoms with Crippen molar-refractivity contribution in [3.63, 3.8) is 0 Å². The number of nitrogens with zero attached hydrogens (tertiary/aromatic N) is 1. The zero-order chi connectivity index (χ0) is 18.8. The SMILES string of the molecule is CN=C(NCCc1ccc(OC)c(OC(F)F)c1)NCc1ccccc1.I. The Labute approximate surface area is 175 Å². The number of benzene rings is 2. The quantitative estimate of drug-likeness (QED) is 0.335. The van der Waals surface area contributed by atoms with E-state index in [4.69, 9.17) is 4.74 Å². The van der Waals surface area contributed by atoms with Gasteiger partial charge in [-0.2, -0.15) is 8.78 Å². The van der Waals surface area contributed by atoms with Crippen LogP contribution in [0.5, 0.6) is 11.5 Å². The lowest BCUT2D eigenvalue weighted by Gasteiger charge is -2.13. The first-order valence-electron chi connectivity index (χ1n) is 8.22. The highest BCUT2D eigenvalue weighted by Gasteiger charge is 2.11. The van der Waals surface area contributed by atoms with Crippen molar-refractivity contribution < 1.29 is 18.3 Å². The highest BCUT2D eigenvalue weighted by molar-refractivity contribution is 14.0. The molecule has 0 bridgehead atoms. The molecule has 0 aliphatic carbocycles. The standard InChI is InChI=1S/C19H23F2N3O2.HI/c1-22-19(24-13-15-6-4-3-5-7-15)23-11-10-14-8-9-16(25-2)17(12-14)26-18(20)21;/h3-9,12,18H,10-11,13H2,1-2H3,(H2,22,23,24);1H. The van der Waals surface area contributed by atoms with Crippen LogP contribution in [0.25, 0.3) is 0 Å². The van der Waals surface area contributed by atoms with Crippen LogP contribution in [0, 0.1) is 0 Å². The predicted octanol–water partition coefficient (Wildman–Crippen LogP) is 3.82. The minimum Gasteiger partial charge on any atom is -0.493 e. The molecule has 2 N–H and O–H groups in total. The fourth-order valence-corrected chi connectivity index (χ4v) is 2.39. The van der Waals surface area contributed by atoms with Crippen LogP contribution in [0.3, 0.4) is 0 Å². The number of nitrogens with one attached hydrogen (secondary N) is 2. The van der Waals surface area contributed by atoms with E-state index in [1.54, 1.807) is 19.2 Å². The molecule has 0 saturated carbocycles. The van der Waals surface area contributed by atoms with Gasteiger partial charge in [0.2, 0.25) is 0 Å². The minimum absolute atomic E-state index is 0. The van der Waals surface area contributed by atoms with Gasteiger partial charge < -0.3 is 20.1 Å². The van der Waals surface area contributed by atoms with Crippen molar-refractivity contribution in [2.24, 2.45) is 4.99 Å². The number of hydrogen-bond donors (Lipinski definition) is 2. The number of aliphatic imine (C=N–C) groups is 1. The summed E-state index contributed by atoms with van der Waals surface area (Å²) in [6.45, 7) is -1.64. The van der Waals surface area contributed by atoms with E-state index in [0.717, 1.165) is 11.1 Å². The summed E-state index contributed by atoms with van der Waals surface area (Å²) < 4.78 is 34.5. The Morgan fingerprint density at radius 2 is 1.78 bits per heavy atom. The Bertz CT molecular complexity index is 715. The molecule has 0 fully saturated rings. The fourth-order valence-electron chi connectivity index (χ4n) is 2.39. The highest BCUT2D eigenvalue weighted by Crippen LogP contribution is 2.29. The second-order valence-corrected chi connectivity index (χ2v) is 5.45. The van der Waals surface area contributed by atoms with Gasteiger partial charge in [-0.1, -0.05) is 36.4 Å². The zero-order valence-corrected chi connectivity index (χ0v) is 17.6. The van der Waals surface area contributed by atoms with E-state index in [1.165, 1.54) is 7.11 Å². The molecule has 0 spiro atoms. The topological polar surface area (TPSA) is 54.9 Å². The van der Waals surface area contributed by atoms with E-state index in [9.17, 15) is 8.78 Å². The van der Waals surface area contributed by atoms with Crippen LogP contribution in [0.4, 0.5) is 8.78 Å². The molecular weight excluding hydrogens is 467 g/mol. The van der Waals surface area contributed by atoms with Crippen molar-refractivity contribution in [2.45, 2.75) is 19.6 Å². The Kier molecular flexibility index (Phi) is 10.5. The van der Waals surface area contributed by atoms with Gasteiger partial charge in [-0.3, -0.25) is 4.99 Å². The van der Waals surface area contributed by atoms with E-state index >= 15 is 0 Å². The molecule has 2 rings (SSSR count). The molecule has 0 amide bonds. The summed E-state index contributed by atoms with van der Waals surface area (Å²) in [6, 6.07) is 15.0. The first-order valence-corrected chi connectivity index (χ1v) is 8.22. The van der Waals surface area contributed by atoms with E-state index in [2.05, 4.69) is 20.4 Å². The number of guanidine groups is 1. The van der Waals surface area contributed by atoms with Crippen molar-refractivity contribution >= 4 is 29.9 Å². The molecule has 2 aromatic carbocycles. The second kappa shape index (κ2) is 12.3. The summed E-state index contributed by atoms with van der Waals surface area (Å²) in [4.78, 5) is 4.17. The van der Waals surface area contributed by atoms with Gasteiger partial charge in [-0.25, -0.2) is 0 Å². The van der Waals surface area contributed by atoms with Crippen LogP contribution in [-0.2, 0) is 13.0 Å². The van der Waals surface area contributed by atoms with Gasteiger partial charge in [0.15, 0.2) is 17.5 Å². The van der Waals surface area contributed by atoms with Gasteiger partial charge in [0.05, 0.1) is 7.11 Å². The maximum absolute atomic E-state index is 12.5. The van der Waals surface area contributed by atoms with Crippen LogP contribution >= 0.6 is 24.0 Å². The molecule has 0 atom stereocenters. The van der Waals surface area contributed by atoms with E-state index in [1.807, 2.05) is 36.4 Å². The van der Waals surface area contributed by atoms with E-state index in [-0.39, 0.29) is 35.5 Å². The number of hydrogen-bond acceptors (Lipinski definition) is 3. The Balaban J connectivity index is 0.00000364. The minimum atomic E-state index is -2.89. The summed E-state index contributed by atoms with van der Waals surface area (Å²) in [6.07, 6.45) is 0.621. The predicted molar refractivity (Wildman–Crippen MR) is 113 cm³/mol. The number of ether oxygens (including phenoxy) is 2. The fraction of sp³-hybridized carbons (Fsp3) is 0.316. The van der Waals surface area contributed by atoms with Crippen molar-refractivity contribution in [1.82, 2.24) is 10.6 Å². The maximum atomic E-state index is 12.5. The monoisotopic (exact) mass is 491 g/mol. The van der Waals surface area contributed by atoms with Gasteiger partial charge in [0, 0.05) is 20.1 Å². The molecular formula is C19H24F2IN3O2. The molecule has 5 nitrogen and oxygen atoms in total. The Hall–Kier alpha value is -2.10. The number of alkyl halides is 2. The van der Waals surface area contributed by atoms with Crippen LogP contribution in [-0.4, -0.2) is 33.3 Å². The van der Waals surface area contributed by atoms with Crippen molar-refractivity contribution in [3.05, 3.63) is 59.7 Å². The summed E-state index contributed by atoms with van der Waals surface area (Å²) >= 11 is 0. The zero-order valence-electron chi connectivity index (χ0n) is 15.2. The van der Waals surface area contributed by atoms with E-state index in [0.29, 0.717) is 25.5 Å². The largest absolute Gasteiger partial charge is 0.493 e. The third-order valence-corrected chi connectivity index (χ3v) is 3.68. The average molecular weight is 491 g/mol. The summed E-state index contributed by atoms with van der Waals surface area (Å²) in [5, 5.41) is 6.42. The van der Waals surface area contributed by atoms with Gasteiger partial charge in [0.25, 0.3) is 0 Å². The van der Waals surface area contributed by atoms with Crippen LogP contribution in [0.15, 0.2) is 53.5 Å². The lowest BCUT2D eigenvalue weighted by molar-refractivity contribution is -0.0512. The van der Waals surface area contributed by atoms with Gasteiger partial charge in [-0.15, -0.1) is 24.0 Å². The molecule has 0 heterocycles. The smallest absolute Gasteiger partial charge is 0.387 e. The molecule has 0 saturated heterocycles. The van der Waals surface area contributed by atoms with Crippen molar-refractivity contribution in [2.75, 3.05) is 20.7 Å². The van der Waals surface area contributed by atoms with Gasteiger partial charge >= 0.3 is 6.61 Å². The summed E-state index contributed by atoms with van der Waals surface area (Å²) in [5.74, 6) is 0.986. The van der Waals surface area contributed by atoms with Crippen molar-refractivity contribution in [3.8, 4) is 11.5 Å². The van der Waals surface area contributed by atoms with Crippen LogP contribution in [0.2, 0.25) is 0 Å². The second-order valence-electron chi connectivity index (χ2n) is 5.45. The maximum Gasteiger partial charge on any atom is 0.387 e. The van der Waals surface area contributed by atoms with Gasteiger partial charge in [-0.05, 0) is 29.7 Å². The van der Waals surface area contributed by atoms with Gasteiger partial charge in [0.1, 0.15) is 0 Å². The normalized spacial score (nSPS) is 10.9. The third-order valence-electron chi connectivity index (χ3n) is 3.68. The molecule has 8 heteroatoms. The molecule has 27 heavy (non-hydrogen) atoms. The molecule has 0 aliphatic rings. The average Bonchev–Trinajstić information content (AvgIpc) is 2.65. The number of halogens is 3. The number of methoxy groups -OCH3 is 1. The first-order chi connectivity index (χ1) is 12.6. The van der Waals surface area contributed by atoms with E-state index < -0.39 is 6.61 Å². The molecule has 148 valence electrons. The lowest BCUT2D eigenvalue weighted by Crippen LogP contribution is -2.37. The third kappa shape index (κ3) is 7.98. The Morgan fingerprint density at radius 1 is 1.04 bits per heavy atom. The van der Waals surface area contributed by atoms with Crippen molar-refractivity contribution in [1.29, 1.82) is 0 Å². The molecule has 2 aromatic rings. The first kappa shape index (κ1) is 22.9. The molecule has 0 aliphatic heterocycles. The highest BCUT2D eigenvalue weighted by atomic mass is 127. The molecule has 0 unspecified atom stereocenters. The number of rotatable bonds is 8. The summed E-state index contributed by atoms with van der Waals surface area (Å²) in [5.41, 5.74) is 2.01. The van der Waals surface area contributed by atoms with Crippen LogP contribution < -0.4 is 20.1 Å².